The molecule has 0 aromatic heterocycles. The molecule has 1 fully saturated rings. The molecule has 1 heterocycles. The molecule has 1 aromatic rings. The quantitative estimate of drug-likeness (QED) is 0.546. The van der Waals surface area contributed by atoms with Crippen molar-refractivity contribution in [3.63, 3.8) is 0 Å². The largest absolute Gasteiger partial charge is 1.00 e. The van der Waals surface area contributed by atoms with Crippen molar-refractivity contribution < 1.29 is 61.6 Å². The van der Waals surface area contributed by atoms with Gasteiger partial charge in [0, 0.05) is 0 Å². The molecule has 2 rings (SSSR count). The number of hydrogen-bond acceptors (Lipinski definition) is 2. The van der Waals surface area contributed by atoms with Crippen molar-refractivity contribution in [2.75, 3.05) is 6.54 Å². The zero-order valence-electron chi connectivity index (χ0n) is 13.8. The summed E-state index contributed by atoms with van der Waals surface area (Å²) in [5.74, 6) is 0. The van der Waals surface area contributed by atoms with Crippen LogP contribution in [0.5, 0.6) is 0 Å². The zero-order chi connectivity index (χ0) is 15.0. The second-order valence-electron chi connectivity index (χ2n) is 5.60. The Kier molecular flexibility index (Phi) is 12.6. The van der Waals surface area contributed by atoms with Gasteiger partial charge in [0.15, 0.2) is 0 Å². The van der Waals surface area contributed by atoms with Crippen LogP contribution in [-0.4, -0.2) is 18.8 Å². The van der Waals surface area contributed by atoms with Crippen molar-refractivity contribution in [3.8, 4) is 0 Å². The molecule has 1 aliphatic heterocycles. The van der Waals surface area contributed by atoms with Crippen LogP contribution >= 0.6 is 0 Å². The summed E-state index contributed by atoms with van der Waals surface area (Å²) < 4.78 is 0. The van der Waals surface area contributed by atoms with Gasteiger partial charge in [-0.05, 0) is 0 Å². The van der Waals surface area contributed by atoms with Crippen LogP contribution in [0.1, 0.15) is 56.7 Å². The van der Waals surface area contributed by atoms with Crippen molar-refractivity contribution in [1.82, 2.24) is 0 Å². The van der Waals surface area contributed by atoms with E-state index in [0.717, 1.165) is 6.54 Å². The first kappa shape index (κ1) is 21.7. The summed E-state index contributed by atoms with van der Waals surface area (Å²) in [7, 11) is 0. The van der Waals surface area contributed by atoms with Crippen molar-refractivity contribution in [2.24, 2.45) is 0 Å². The van der Waals surface area contributed by atoms with Crippen LogP contribution < -0.4 is 61.6 Å². The van der Waals surface area contributed by atoms with E-state index in [4.69, 9.17) is 0 Å². The maximum Gasteiger partial charge on any atom is 1.00 e. The van der Waals surface area contributed by atoms with E-state index in [-0.39, 0.29) is 57.8 Å². The van der Waals surface area contributed by atoms with Gasteiger partial charge in [0.25, 0.3) is 0 Å². The molecule has 0 aliphatic carbocycles. The number of hydrogen-bond donors (Lipinski definition) is 0. The van der Waals surface area contributed by atoms with Crippen molar-refractivity contribution in [1.29, 1.82) is 0 Å². The third-order valence-electron chi connectivity index (χ3n) is 3.25. The Morgan fingerprint density at radius 3 is 2.29 bits per heavy atom. The van der Waals surface area contributed by atoms with Crippen LogP contribution in [-0.2, 0) is 0 Å². The van der Waals surface area contributed by atoms with Crippen LogP contribution in [0.3, 0.4) is 0 Å². The van der Waals surface area contributed by atoms with Crippen molar-refractivity contribution in [2.45, 2.75) is 64.7 Å². The minimum absolute atomic E-state index is 0. The summed E-state index contributed by atoms with van der Waals surface area (Å²) in [6.45, 7) is 6.15. The van der Waals surface area contributed by atoms with Crippen LogP contribution in [0, 0.1) is 13.0 Å². The number of benzene rings is 1. The molecule has 21 heavy (non-hydrogen) atoms. The van der Waals surface area contributed by atoms with E-state index >= 15 is 0 Å². The molecule has 1 saturated heterocycles. The van der Waals surface area contributed by atoms with E-state index in [1.807, 2.05) is 0 Å². The van der Waals surface area contributed by atoms with Crippen LogP contribution in [0.2, 0.25) is 0 Å². The van der Waals surface area contributed by atoms with Gasteiger partial charge in [-0.25, -0.2) is 0 Å². The predicted octanol–water partition coefficient (Wildman–Crippen LogP) is -0.728. The Labute approximate surface area is 172 Å². The van der Waals surface area contributed by atoms with E-state index in [2.05, 4.69) is 36.5 Å². The SMILES string of the molecule is CC([O-])CC(C)[O-].Cc1c[c-]c(C2CCCC[N-]2)cc1.[K+]. The first-order chi connectivity index (χ1) is 9.49. The third kappa shape index (κ3) is 10.2. The van der Waals surface area contributed by atoms with Gasteiger partial charge in [-0.15, -0.1) is 24.8 Å². The summed E-state index contributed by atoms with van der Waals surface area (Å²) in [6.07, 6.45) is 2.66. The molecular formula is C17H25KNO2-3. The first-order valence-corrected chi connectivity index (χ1v) is 7.45. The van der Waals surface area contributed by atoms with E-state index in [9.17, 15) is 10.2 Å². The number of piperidine rings is 1. The predicted molar refractivity (Wildman–Crippen MR) is 78.4 cm³/mol. The number of rotatable bonds is 3. The zero-order valence-corrected chi connectivity index (χ0v) is 16.9. The molecule has 4 heteroatoms. The number of nitrogens with zero attached hydrogens (tertiary/aromatic N) is 1. The Balaban J connectivity index is 0.000000436. The molecule has 0 radical (unpaired) electrons. The Bertz CT molecular complexity index is 354. The Morgan fingerprint density at radius 2 is 1.90 bits per heavy atom. The maximum absolute atomic E-state index is 10.1. The fraction of sp³-hybridized carbons (Fsp3) is 0.647. The minimum atomic E-state index is -0.688. The Hall–Kier alpha value is 0.736. The summed E-state index contributed by atoms with van der Waals surface area (Å²) >= 11 is 0. The Morgan fingerprint density at radius 1 is 1.24 bits per heavy atom. The van der Waals surface area contributed by atoms with E-state index in [0.29, 0.717) is 6.04 Å². The average Bonchev–Trinajstić information content (AvgIpc) is 2.40. The fourth-order valence-corrected chi connectivity index (χ4v) is 2.23. The van der Waals surface area contributed by atoms with Gasteiger partial charge < -0.3 is 15.5 Å². The molecule has 1 aliphatic rings. The first-order valence-electron chi connectivity index (χ1n) is 7.45. The van der Waals surface area contributed by atoms with Crippen molar-refractivity contribution >= 4 is 0 Å². The van der Waals surface area contributed by atoms with E-state index < -0.39 is 12.2 Å². The van der Waals surface area contributed by atoms with Crippen LogP contribution in [0.15, 0.2) is 18.2 Å². The van der Waals surface area contributed by atoms with Gasteiger partial charge >= 0.3 is 51.4 Å². The molecule has 0 bridgehead atoms. The molecular weight excluding hydrogens is 289 g/mol. The van der Waals surface area contributed by atoms with Crippen LogP contribution in [0.25, 0.3) is 5.32 Å². The minimum Gasteiger partial charge on any atom is -0.852 e. The van der Waals surface area contributed by atoms with Gasteiger partial charge in [0.2, 0.25) is 0 Å². The van der Waals surface area contributed by atoms with Gasteiger partial charge in [-0.3, -0.25) is 0 Å². The van der Waals surface area contributed by atoms with Crippen molar-refractivity contribution in [3.05, 3.63) is 40.7 Å². The normalized spacial score (nSPS) is 20.5. The summed E-state index contributed by atoms with van der Waals surface area (Å²) in [5.41, 5.74) is 2.55. The van der Waals surface area contributed by atoms with Gasteiger partial charge in [0.1, 0.15) is 0 Å². The third-order valence-corrected chi connectivity index (χ3v) is 3.25. The van der Waals surface area contributed by atoms with Gasteiger partial charge in [0.05, 0.1) is 0 Å². The molecule has 0 N–H and O–H groups in total. The molecule has 3 unspecified atom stereocenters. The maximum atomic E-state index is 10.1. The number of aryl methyl sites for hydroxylation is 1. The molecule has 0 saturated carbocycles. The average molecular weight is 314 g/mol. The molecule has 114 valence electrons. The monoisotopic (exact) mass is 314 g/mol. The topological polar surface area (TPSA) is 60.2 Å². The second-order valence-corrected chi connectivity index (χ2v) is 5.60. The standard InChI is InChI=1S/C12H15N.C5H10O2.K/c1-10-5-7-11(8-6-10)12-4-2-3-9-13-12;1-4(6)3-5(2)7;/h5-7,12H,2-4,9H2,1H3;4-5H,3H2,1-2H3;/q2*-2;+1. The van der Waals surface area contributed by atoms with Gasteiger partial charge in [-0.2, -0.15) is 35.4 Å². The molecule has 0 spiro atoms. The summed E-state index contributed by atoms with van der Waals surface area (Å²) in [5, 5.41) is 24.9. The fourth-order valence-electron chi connectivity index (χ4n) is 2.23. The second kappa shape index (κ2) is 12.2. The van der Waals surface area contributed by atoms with E-state index in [1.165, 1.54) is 44.2 Å². The summed E-state index contributed by atoms with van der Waals surface area (Å²) in [4.78, 5) is 0. The van der Waals surface area contributed by atoms with Gasteiger partial charge in [-0.1, -0.05) is 46.5 Å². The molecule has 3 nitrogen and oxygen atoms in total. The molecule has 0 amide bonds. The smallest absolute Gasteiger partial charge is 0.852 e. The molecule has 3 atom stereocenters. The summed E-state index contributed by atoms with van der Waals surface area (Å²) in [6, 6.07) is 10.1. The molecule has 1 aromatic carbocycles. The van der Waals surface area contributed by atoms with E-state index in [1.54, 1.807) is 0 Å². The van der Waals surface area contributed by atoms with Crippen LogP contribution in [0.4, 0.5) is 0 Å².